The van der Waals surface area contributed by atoms with Crippen LogP contribution in [0.5, 0.6) is 0 Å². The number of nitrogens with two attached hydrogens (primary N) is 1. The lowest BCUT2D eigenvalue weighted by molar-refractivity contribution is -0.204. The average molecular weight is 228 g/mol. The Morgan fingerprint density at radius 1 is 1.40 bits per heavy atom. The maximum atomic E-state index is 5.53. The van der Waals surface area contributed by atoms with E-state index in [9.17, 15) is 0 Å². The number of hydrogen-bond donors (Lipinski definition) is 2. The van der Waals surface area contributed by atoms with Crippen LogP contribution < -0.4 is 5.73 Å². The van der Waals surface area contributed by atoms with Crippen molar-refractivity contribution in [2.24, 2.45) is 5.73 Å². The first kappa shape index (κ1) is 12.3. The molecule has 0 amide bonds. The van der Waals surface area contributed by atoms with Crippen molar-refractivity contribution in [1.29, 1.82) is 0 Å². The van der Waals surface area contributed by atoms with Gasteiger partial charge in [0.15, 0.2) is 0 Å². The number of hydrogen-bond acceptors (Lipinski definition) is 4. The van der Waals surface area contributed by atoms with Crippen LogP contribution >= 0.6 is 12.2 Å². The van der Waals surface area contributed by atoms with E-state index >= 15 is 0 Å². The quantitative estimate of drug-likeness (QED) is 0.608. The van der Waals surface area contributed by atoms with E-state index in [1.807, 2.05) is 19.1 Å². The zero-order valence-corrected chi connectivity index (χ0v) is 9.98. The first-order chi connectivity index (χ1) is 7.07. The number of H-pyrrole nitrogens is 1. The SMILES string of the molecule is COC(C)(OC)c1ccc(CN)c(=S)[nH]1. The number of pyridine rings is 1. The van der Waals surface area contributed by atoms with E-state index in [0.717, 1.165) is 11.3 Å². The number of methoxy groups -OCH3 is 2. The molecule has 0 bridgehead atoms. The Bertz CT molecular complexity index is 385. The lowest BCUT2D eigenvalue weighted by atomic mass is 10.1. The van der Waals surface area contributed by atoms with Crippen molar-refractivity contribution in [3.63, 3.8) is 0 Å². The molecule has 0 aromatic carbocycles. The van der Waals surface area contributed by atoms with Crippen LogP contribution in [0.4, 0.5) is 0 Å². The fourth-order valence-corrected chi connectivity index (χ4v) is 1.49. The van der Waals surface area contributed by atoms with Crippen LogP contribution in [0.3, 0.4) is 0 Å². The summed E-state index contributed by atoms with van der Waals surface area (Å²) in [5, 5.41) is 0. The highest BCUT2D eigenvalue weighted by Gasteiger charge is 2.26. The Hall–Kier alpha value is -0.750. The molecule has 5 heteroatoms. The van der Waals surface area contributed by atoms with Crippen molar-refractivity contribution in [3.05, 3.63) is 28.0 Å². The van der Waals surface area contributed by atoms with Crippen molar-refractivity contribution in [2.75, 3.05) is 14.2 Å². The molecule has 1 heterocycles. The molecule has 1 aromatic heterocycles. The normalized spacial score (nSPS) is 11.7. The summed E-state index contributed by atoms with van der Waals surface area (Å²) in [6.07, 6.45) is 0. The van der Waals surface area contributed by atoms with Gasteiger partial charge >= 0.3 is 0 Å². The lowest BCUT2D eigenvalue weighted by Gasteiger charge is -2.26. The van der Waals surface area contributed by atoms with Gasteiger partial charge < -0.3 is 20.2 Å². The highest BCUT2D eigenvalue weighted by atomic mass is 32.1. The molecule has 4 nitrogen and oxygen atoms in total. The van der Waals surface area contributed by atoms with Gasteiger partial charge in [0.05, 0.1) is 5.69 Å². The summed E-state index contributed by atoms with van der Waals surface area (Å²) < 4.78 is 11.2. The summed E-state index contributed by atoms with van der Waals surface area (Å²) in [7, 11) is 3.16. The summed E-state index contributed by atoms with van der Waals surface area (Å²) in [5.74, 6) is -0.805. The van der Waals surface area contributed by atoms with Crippen molar-refractivity contribution in [3.8, 4) is 0 Å². The summed E-state index contributed by atoms with van der Waals surface area (Å²) >= 11 is 5.16. The van der Waals surface area contributed by atoms with Crippen molar-refractivity contribution in [1.82, 2.24) is 4.98 Å². The monoisotopic (exact) mass is 228 g/mol. The molecule has 0 aliphatic carbocycles. The third-order valence-electron chi connectivity index (χ3n) is 2.48. The molecular formula is C10H16N2O2S. The highest BCUT2D eigenvalue weighted by Crippen LogP contribution is 2.23. The van der Waals surface area contributed by atoms with Gasteiger partial charge in [-0.25, -0.2) is 0 Å². The topological polar surface area (TPSA) is 60.3 Å². The third kappa shape index (κ3) is 2.43. The first-order valence-electron chi connectivity index (χ1n) is 4.60. The van der Waals surface area contributed by atoms with E-state index in [2.05, 4.69) is 4.98 Å². The highest BCUT2D eigenvalue weighted by molar-refractivity contribution is 7.71. The smallest absolute Gasteiger partial charge is 0.206 e. The van der Waals surface area contributed by atoms with Gasteiger partial charge in [-0.3, -0.25) is 0 Å². The van der Waals surface area contributed by atoms with E-state index in [1.165, 1.54) is 0 Å². The molecule has 15 heavy (non-hydrogen) atoms. The lowest BCUT2D eigenvalue weighted by Crippen LogP contribution is -2.28. The Balaban J connectivity index is 3.17. The number of aromatic nitrogens is 1. The van der Waals surface area contributed by atoms with Crippen molar-refractivity contribution >= 4 is 12.2 Å². The van der Waals surface area contributed by atoms with E-state index in [-0.39, 0.29) is 0 Å². The van der Waals surface area contributed by atoms with E-state index < -0.39 is 5.79 Å². The third-order valence-corrected chi connectivity index (χ3v) is 2.84. The van der Waals surface area contributed by atoms with Crippen LogP contribution in [0.25, 0.3) is 0 Å². The second-order valence-corrected chi connectivity index (χ2v) is 3.69. The second kappa shape index (κ2) is 4.85. The van der Waals surface area contributed by atoms with Gasteiger partial charge in [-0.15, -0.1) is 0 Å². The molecular weight excluding hydrogens is 212 g/mol. The van der Waals surface area contributed by atoms with Crippen LogP contribution in [0.15, 0.2) is 12.1 Å². The van der Waals surface area contributed by atoms with Gasteiger partial charge in [0, 0.05) is 26.3 Å². The molecule has 1 aromatic rings. The molecule has 84 valence electrons. The van der Waals surface area contributed by atoms with Gasteiger partial charge in [0.2, 0.25) is 5.79 Å². The van der Waals surface area contributed by atoms with Crippen molar-refractivity contribution in [2.45, 2.75) is 19.3 Å². The number of aromatic amines is 1. The standard InChI is InChI=1S/C10H16N2O2S/c1-10(13-2,14-3)8-5-4-7(6-11)9(15)12-8/h4-5H,6,11H2,1-3H3,(H,12,15). The van der Waals surface area contributed by atoms with Gasteiger partial charge in [0.1, 0.15) is 4.64 Å². The van der Waals surface area contributed by atoms with Gasteiger partial charge in [0.25, 0.3) is 0 Å². The summed E-state index contributed by atoms with van der Waals surface area (Å²) in [5.41, 5.74) is 7.20. The minimum atomic E-state index is -0.805. The first-order valence-corrected chi connectivity index (χ1v) is 5.01. The van der Waals surface area contributed by atoms with Gasteiger partial charge in [-0.2, -0.15) is 0 Å². The van der Waals surface area contributed by atoms with Gasteiger partial charge in [-0.05, 0) is 13.0 Å². The number of nitrogens with one attached hydrogen (secondary N) is 1. The van der Waals surface area contributed by atoms with E-state index in [4.69, 9.17) is 27.4 Å². The Kier molecular flexibility index (Phi) is 3.98. The van der Waals surface area contributed by atoms with Crippen LogP contribution in [-0.2, 0) is 21.8 Å². The molecule has 0 spiro atoms. The Morgan fingerprint density at radius 2 is 2.00 bits per heavy atom. The molecule has 0 saturated carbocycles. The Labute approximate surface area is 94.4 Å². The summed E-state index contributed by atoms with van der Waals surface area (Å²) in [4.78, 5) is 3.05. The molecule has 0 aliphatic heterocycles. The zero-order chi connectivity index (χ0) is 11.5. The zero-order valence-electron chi connectivity index (χ0n) is 9.16. The van der Waals surface area contributed by atoms with E-state index in [1.54, 1.807) is 14.2 Å². The summed E-state index contributed by atoms with van der Waals surface area (Å²) in [6.45, 7) is 2.24. The number of ether oxygens (including phenoxy) is 2. The minimum Gasteiger partial charge on any atom is -0.348 e. The molecule has 0 saturated heterocycles. The maximum Gasteiger partial charge on any atom is 0.206 e. The molecule has 0 unspecified atom stereocenters. The predicted molar refractivity (Wildman–Crippen MR) is 60.9 cm³/mol. The maximum absolute atomic E-state index is 5.53. The fourth-order valence-electron chi connectivity index (χ4n) is 1.23. The second-order valence-electron chi connectivity index (χ2n) is 3.28. The van der Waals surface area contributed by atoms with Gasteiger partial charge in [-0.1, -0.05) is 18.3 Å². The van der Waals surface area contributed by atoms with Crippen LogP contribution in [0, 0.1) is 4.64 Å². The molecule has 0 radical (unpaired) electrons. The number of rotatable bonds is 4. The van der Waals surface area contributed by atoms with Crippen LogP contribution in [-0.4, -0.2) is 19.2 Å². The molecule has 1 rings (SSSR count). The minimum absolute atomic E-state index is 0.423. The van der Waals surface area contributed by atoms with Crippen LogP contribution in [0.1, 0.15) is 18.2 Å². The molecule has 0 aliphatic rings. The molecule has 0 atom stereocenters. The van der Waals surface area contributed by atoms with E-state index in [0.29, 0.717) is 11.2 Å². The largest absolute Gasteiger partial charge is 0.348 e. The van der Waals surface area contributed by atoms with Crippen molar-refractivity contribution < 1.29 is 9.47 Å². The Morgan fingerprint density at radius 3 is 2.40 bits per heavy atom. The summed E-state index contributed by atoms with van der Waals surface area (Å²) in [6, 6.07) is 3.75. The van der Waals surface area contributed by atoms with Crippen LogP contribution in [0.2, 0.25) is 0 Å². The predicted octanol–water partition coefficient (Wildman–Crippen LogP) is 1.67. The molecule has 0 fully saturated rings. The average Bonchev–Trinajstić information content (AvgIpc) is 2.28. The fraction of sp³-hybridized carbons (Fsp3) is 0.500. The molecule has 3 N–H and O–H groups in total.